The highest BCUT2D eigenvalue weighted by molar-refractivity contribution is 5.71. The number of nitrogen functional groups attached to an aromatic ring is 1. The monoisotopic (exact) mass is 324 g/mol. The van der Waals surface area contributed by atoms with Crippen molar-refractivity contribution in [2.24, 2.45) is 4.99 Å². The fourth-order valence-electron chi connectivity index (χ4n) is 3.32. The number of pyridine rings is 1. The maximum Gasteiger partial charge on any atom is 0.219 e. The maximum atomic E-state index is 10.1. The van der Waals surface area contributed by atoms with Gasteiger partial charge in [0.2, 0.25) is 5.95 Å². The molecule has 2 aromatic heterocycles. The van der Waals surface area contributed by atoms with E-state index in [0.717, 1.165) is 48.3 Å². The summed E-state index contributed by atoms with van der Waals surface area (Å²) in [6, 6.07) is 2.11. The minimum atomic E-state index is -0.321. The van der Waals surface area contributed by atoms with Crippen molar-refractivity contribution in [2.45, 2.75) is 44.4 Å². The first-order chi connectivity index (χ1) is 11.7. The van der Waals surface area contributed by atoms with Crippen molar-refractivity contribution in [2.75, 3.05) is 11.1 Å². The fraction of sp³-hybridized carbons (Fsp3) is 0.412. The molecule has 7 nitrogen and oxygen atoms in total. The van der Waals surface area contributed by atoms with E-state index in [1.807, 2.05) is 6.21 Å². The SMILES string of the molecule is Nc1ncc(-c2cc3c(c(N[C@@H]4CCC[C@H]4O)n2)CN=CC3)cn1. The van der Waals surface area contributed by atoms with Gasteiger partial charge in [0.25, 0.3) is 0 Å². The van der Waals surface area contributed by atoms with E-state index in [4.69, 9.17) is 10.7 Å². The van der Waals surface area contributed by atoms with Gasteiger partial charge < -0.3 is 16.2 Å². The van der Waals surface area contributed by atoms with Crippen LogP contribution in [0, 0.1) is 0 Å². The highest BCUT2D eigenvalue weighted by Crippen LogP contribution is 2.30. The van der Waals surface area contributed by atoms with Crippen molar-refractivity contribution < 1.29 is 5.11 Å². The van der Waals surface area contributed by atoms with E-state index in [1.165, 1.54) is 5.56 Å². The van der Waals surface area contributed by atoms with Crippen LogP contribution in [-0.4, -0.2) is 38.4 Å². The lowest BCUT2D eigenvalue weighted by Crippen LogP contribution is -2.29. The van der Waals surface area contributed by atoms with Gasteiger partial charge in [0, 0.05) is 36.2 Å². The van der Waals surface area contributed by atoms with Gasteiger partial charge in [0.1, 0.15) is 5.82 Å². The minimum absolute atomic E-state index is 0.0467. The molecule has 1 fully saturated rings. The number of aromatic nitrogens is 3. The minimum Gasteiger partial charge on any atom is -0.391 e. The number of hydrogen-bond donors (Lipinski definition) is 3. The van der Waals surface area contributed by atoms with E-state index < -0.39 is 0 Å². The number of nitrogens with one attached hydrogen (secondary N) is 1. The molecule has 4 N–H and O–H groups in total. The van der Waals surface area contributed by atoms with Crippen LogP contribution in [0.3, 0.4) is 0 Å². The lowest BCUT2D eigenvalue weighted by Gasteiger charge is -2.22. The molecular formula is C17H20N6O. The van der Waals surface area contributed by atoms with Crippen molar-refractivity contribution in [3.8, 4) is 11.3 Å². The molecule has 1 aliphatic carbocycles. The molecule has 3 heterocycles. The molecule has 0 radical (unpaired) electrons. The summed E-state index contributed by atoms with van der Waals surface area (Å²) < 4.78 is 0. The summed E-state index contributed by atoms with van der Waals surface area (Å²) in [6.07, 6.45) is 8.58. The zero-order chi connectivity index (χ0) is 16.5. The van der Waals surface area contributed by atoms with Gasteiger partial charge in [-0.15, -0.1) is 0 Å². The second kappa shape index (κ2) is 6.16. The second-order valence-corrected chi connectivity index (χ2v) is 6.30. The average molecular weight is 324 g/mol. The molecule has 7 heteroatoms. The number of rotatable bonds is 3. The molecule has 2 aliphatic rings. The number of fused-ring (bicyclic) bond motifs is 1. The summed E-state index contributed by atoms with van der Waals surface area (Å²) >= 11 is 0. The third-order valence-corrected chi connectivity index (χ3v) is 4.68. The summed E-state index contributed by atoms with van der Waals surface area (Å²) in [4.78, 5) is 17.2. The van der Waals surface area contributed by atoms with Gasteiger partial charge >= 0.3 is 0 Å². The molecule has 24 heavy (non-hydrogen) atoms. The number of aliphatic hydroxyl groups excluding tert-OH is 1. The van der Waals surface area contributed by atoms with Crippen LogP contribution < -0.4 is 11.1 Å². The molecule has 1 saturated carbocycles. The Morgan fingerprint density at radius 1 is 1.21 bits per heavy atom. The Morgan fingerprint density at radius 3 is 2.79 bits per heavy atom. The predicted octanol–water partition coefficient (Wildman–Crippen LogP) is 1.57. The zero-order valence-electron chi connectivity index (χ0n) is 13.3. The van der Waals surface area contributed by atoms with Gasteiger partial charge in [-0.25, -0.2) is 15.0 Å². The van der Waals surface area contributed by atoms with Crippen LogP contribution in [0.4, 0.5) is 11.8 Å². The van der Waals surface area contributed by atoms with E-state index in [9.17, 15) is 5.11 Å². The molecule has 2 aromatic rings. The van der Waals surface area contributed by atoms with Gasteiger partial charge in [-0.2, -0.15) is 0 Å². The third kappa shape index (κ3) is 2.82. The summed E-state index contributed by atoms with van der Waals surface area (Å²) in [5.74, 6) is 1.05. The van der Waals surface area contributed by atoms with Crippen LogP contribution in [0.25, 0.3) is 11.3 Å². The lowest BCUT2D eigenvalue weighted by molar-refractivity contribution is 0.171. The highest BCUT2D eigenvalue weighted by atomic mass is 16.3. The maximum absolute atomic E-state index is 10.1. The van der Waals surface area contributed by atoms with Crippen molar-refractivity contribution in [3.05, 3.63) is 29.6 Å². The Balaban J connectivity index is 1.73. The van der Waals surface area contributed by atoms with Crippen molar-refractivity contribution >= 4 is 18.0 Å². The fourth-order valence-corrected chi connectivity index (χ4v) is 3.32. The molecule has 0 spiro atoms. The molecular weight excluding hydrogens is 304 g/mol. The normalized spacial score (nSPS) is 22.4. The van der Waals surface area contributed by atoms with Gasteiger partial charge in [0.05, 0.1) is 24.4 Å². The quantitative estimate of drug-likeness (QED) is 0.790. The summed E-state index contributed by atoms with van der Waals surface area (Å²) in [7, 11) is 0. The van der Waals surface area contributed by atoms with Crippen LogP contribution in [0.5, 0.6) is 0 Å². The predicted molar refractivity (Wildman–Crippen MR) is 92.8 cm³/mol. The third-order valence-electron chi connectivity index (χ3n) is 4.68. The summed E-state index contributed by atoms with van der Waals surface area (Å²) in [5.41, 5.74) is 9.50. The van der Waals surface area contributed by atoms with Gasteiger partial charge in [-0.05, 0) is 30.9 Å². The number of nitrogens with two attached hydrogens (primary N) is 1. The lowest BCUT2D eigenvalue weighted by atomic mass is 10.0. The Hall–Kier alpha value is -2.54. The highest BCUT2D eigenvalue weighted by Gasteiger charge is 2.27. The molecule has 2 atom stereocenters. The number of aliphatic hydroxyl groups is 1. The Morgan fingerprint density at radius 2 is 2.04 bits per heavy atom. The number of hydrogen-bond acceptors (Lipinski definition) is 7. The van der Waals surface area contributed by atoms with E-state index >= 15 is 0 Å². The first kappa shape index (κ1) is 15.0. The Kier molecular flexibility index (Phi) is 3.86. The van der Waals surface area contributed by atoms with Gasteiger partial charge in [-0.1, -0.05) is 0 Å². The van der Waals surface area contributed by atoms with E-state index in [0.29, 0.717) is 6.54 Å². The average Bonchev–Trinajstić information content (AvgIpc) is 3.00. The van der Waals surface area contributed by atoms with Crippen LogP contribution in [-0.2, 0) is 13.0 Å². The number of anilines is 2. The topological polar surface area (TPSA) is 109 Å². The van der Waals surface area contributed by atoms with Crippen molar-refractivity contribution in [1.29, 1.82) is 0 Å². The number of nitrogens with zero attached hydrogens (tertiary/aromatic N) is 4. The van der Waals surface area contributed by atoms with E-state index in [-0.39, 0.29) is 18.1 Å². The standard InChI is InChI=1S/C17H20N6O/c18-17-20-7-11(8-21-17)14-6-10-4-5-19-9-12(10)16(23-14)22-13-2-1-3-15(13)24/h5-8,13,15,24H,1-4,9H2,(H,22,23)(H2,18,20,21)/t13-,15-/m1/s1. The molecule has 0 saturated heterocycles. The van der Waals surface area contributed by atoms with Crippen LogP contribution >= 0.6 is 0 Å². The van der Waals surface area contributed by atoms with Gasteiger partial charge in [-0.3, -0.25) is 4.99 Å². The molecule has 1 aliphatic heterocycles. The molecule has 0 amide bonds. The smallest absolute Gasteiger partial charge is 0.219 e. The summed E-state index contributed by atoms with van der Waals surface area (Å²) in [5, 5.41) is 13.6. The van der Waals surface area contributed by atoms with E-state index in [2.05, 4.69) is 26.3 Å². The molecule has 0 aromatic carbocycles. The second-order valence-electron chi connectivity index (χ2n) is 6.30. The Labute approximate surface area is 140 Å². The van der Waals surface area contributed by atoms with Crippen molar-refractivity contribution in [3.63, 3.8) is 0 Å². The van der Waals surface area contributed by atoms with Crippen LogP contribution in [0.1, 0.15) is 30.4 Å². The summed E-state index contributed by atoms with van der Waals surface area (Å²) in [6.45, 7) is 0.617. The first-order valence-corrected chi connectivity index (χ1v) is 8.24. The Bertz CT molecular complexity index is 773. The largest absolute Gasteiger partial charge is 0.391 e. The zero-order valence-corrected chi connectivity index (χ0v) is 13.3. The molecule has 0 bridgehead atoms. The van der Waals surface area contributed by atoms with Crippen LogP contribution in [0.2, 0.25) is 0 Å². The molecule has 4 rings (SSSR count). The van der Waals surface area contributed by atoms with Crippen molar-refractivity contribution in [1.82, 2.24) is 15.0 Å². The van der Waals surface area contributed by atoms with E-state index in [1.54, 1.807) is 12.4 Å². The molecule has 0 unspecified atom stereocenters. The molecule has 124 valence electrons. The number of aliphatic imine (C=N–C) groups is 1. The van der Waals surface area contributed by atoms with Crippen LogP contribution in [0.15, 0.2) is 23.5 Å². The first-order valence-electron chi connectivity index (χ1n) is 8.24. The van der Waals surface area contributed by atoms with Gasteiger partial charge in [0.15, 0.2) is 0 Å².